The molecule has 0 saturated carbocycles. The van der Waals surface area contributed by atoms with Crippen LogP contribution in [0.2, 0.25) is 0 Å². The maximum Gasteiger partial charge on any atom is 0.00509 e. The van der Waals surface area contributed by atoms with E-state index in [1.165, 1.54) is 5.56 Å². The van der Waals surface area contributed by atoms with Crippen LogP contribution in [-0.2, 0) is 6.42 Å². The second kappa shape index (κ2) is 6.86. The van der Waals surface area contributed by atoms with E-state index in [4.69, 9.17) is 5.73 Å². The molecule has 0 unspecified atom stereocenters. The van der Waals surface area contributed by atoms with Gasteiger partial charge in [-0.1, -0.05) is 44.2 Å². The standard InChI is InChI=1S/C9H13N.C2H6/c1-8(10)7-9-5-3-2-4-6-9;1-2/h2-6,8H,7,10H2,1H3;1-2H3/t8-;/m0./s1. The molecule has 0 aliphatic heterocycles. The van der Waals surface area contributed by atoms with E-state index < -0.39 is 0 Å². The van der Waals surface area contributed by atoms with Crippen LogP contribution < -0.4 is 5.73 Å². The molecule has 0 radical (unpaired) electrons. The van der Waals surface area contributed by atoms with Crippen LogP contribution in [0.3, 0.4) is 0 Å². The first kappa shape index (κ1) is 11.2. The second-order valence-electron chi connectivity index (χ2n) is 2.67. The highest BCUT2D eigenvalue weighted by molar-refractivity contribution is 5.15. The molecule has 2 N–H and O–H groups in total. The molecule has 0 aromatic heterocycles. The predicted octanol–water partition coefficient (Wildman–Crippen LogP) is 2.60. The number of hydrogen-bond donors (Lipinski definition) is 1. The van der Waals surface area contributed by atoms with Gasteiger partial charge in [-0.3, -0.25) is 0 Å². The van der Waals surface area contributed by atoms with Gasteiger partial charge < -0.3 is 5.73 Å². The Labute approximate surface area is 75.6 Å². The molecule has 1 rings (SSSR count). The molecule has 0 bridgehead atoms. The van der Waals surface area contributed by atoms with Crippen LogP contribution in [0, 0.1) is 0 Å². The first-order chi connectivity index (χ1) is 5.79. The van der Waals surface area contributed by atoms with Crippen molar-refractivity contribution in [2.24, 2.45) is 5.73 Å². The zero-order valence-corrected chi connectivity index (χ0v) is 8.25. The number of rotatable bonds is 2. The summed E-state index contributed by atoms with van der Waals surface area (Å²) in [6.45, 7) is 6.02. The highest BCUT2D eigenvalue weighted by atomic mass is 14.6. The minimum absolute atomic E-state index is 0.266. The van der Waals surface area contributed by atoms with Crippen molar-refractivity contribution in [3.8, 4) is 0 Å². The number of hydrogen-bond acceptors (Lipinski definition) is 1. The van der Waals surface area contributed by atoms with E-state index in [0.717, 1.165) is 6.42 Å². The van der Waals surface area contributed by atoms with Crippen LogP contribution in [0.25, 0.3) is 0 Å². The first-order valence-electron chi connectivity index (χ1n) is 4.58. The van der Waals surface area contributed by atoms with Gasteiger partial charge in [-0.15, -0.1) is 0 Å². The summed E-state index contributed by atoms with van der Waals surface area (Å²) >= 11 is 0. The van der Waals surface area contributed by atoms with Crippen molar-refractivity contribution in [1.29, 1.82) is 0 Å². The van der Waals surface area contributed by atoms with E-state index in [-0.39, 0.29) is 6.04 Å². The third-order valence-corrected chi connectivity index (χ3v) is 1.40. The summed E-state index contributed by atoms with van der Waals surface area (Å²) in [6, 6.07) is 10.6. The van der Waals surface area contributed by atoms with Crippen LogP contribution >= 0.6 is 0 Å². The molecule has 1 heteroatoms. The van der Waals surface area contributed by atoms with Gasteiger partial charge in [0, 0.05) is 6.04 Å². The molecule has 1 nitrogen and oxygen atoms in total. The summed E-state index contributed by atoms with van der Waals surface area (Å²) in [6.07, 6.45) is 0.973. The van der Waals surface area contributed by atoms with E-state index in [0.29, 0.717) is 0 Å². The Bertz CT molecular complexity index is 179. The van der Waals surface area contributed by atoms with Gasteiger partial charge in [0.05, 0.1) is 0 Å². The van der Waals surface area contributed by atoms with Crippen molar-refractivity contribution >= 4 is 0 Å². The van der Waals surface area contributed by atoms with Crippen molar-refractivity contribution in [1.82, 2.24) is 0 Å². The fraction of sp³-hybridized carbons (Fsp3) is 0.455. The highest BCUT2D eigenvalue weighted by Crippen LogP contribution is 2.00. The smallest absolute Gasteiger partial charge is 0.00509 e. The zero-order chi connectivity index (χ0) is 9.40. The lowest BCUT2D eigenvalue weighted by atomic mass is 10.1. The van der Waals surface area contributed by atoms with Gasteiger partial charge in [0.25, 0.3) is 0 Å². The van der Waals surface area contributed by atoms with Gasteiger partial charge in [0.2, 0.25) is 0 Å². The molecule has 0 aliphatic rings. The third-order valence-electron chi connectivity index (χ3n) is 1.40. The Morgan fingerprint density at radius 2 is 1.67 bits per heavy atom. The molecule has 1 aromatic rings. The lowest BCUT2D eigenvalue weighted by molar-refractivity contribution is 0.738. The molecule has 0 fully saturated rings. The molecule has 0 amide bonds. The average Bonchev–Trinajstić information content (AvgIpc) is 2.08. The Balaban J connectivity index is 0.000000561. The van der Waals surface area contributed by atoms with Gasteiger partial charge in [0.15, 0.2) is 0 Å². The van der Waals surface area contributed by atoms with Crippen LogP contribution in [-0.4, -0.2) is 6.04 Å². The van der Waals surface area contributed by atoms with Crippen molar-refractivity contribution in [3.05, 3.63) is 35.9 Å². The van der Waals surface area contributed by atoms with Crippen molar-refractivity contribution in [3.63, 3.8) is 0 Å². The Morgan fingerprint density at radius 1 is 1.17 bits per heavy atom. The molecular weight excluding hydrogens is 146 g/mol. The van der Waals surface area contributed by atoms with Gasteiger partial charge in [0.1, 0.15) is 0 Å². The quantitative estimate of drug-likeness (QED) is 0.716. The summed E-state index contributed by atoms with van der Waals surface area (Å²) < 4.78 is 0. The van der Waals surface area contributed by atoms with E-state index in [1.807, 2.05) is 39.0 Å². The minimum Gasteiger partial charge on any atom is -0.328 e. The topological polar surface area (TPSA) is 26.0 Å². The van der Waals surface area contributed by atoms with Crippen LogP contribution in [0.15, 0.2) is 30.3 Å². The molecule has 0 aliphatic carbocycles. The molecule has 12 heavy (non-hydrogen) atoms. The molecule has 68 valence electrons. The van der Waals surface area contributed by atoms with Gasteiger partial charge >= 0.3 is 0 Å². The largest absolute Gasteiger partial charge is 0.328 e. The number of benzene rings is 1. The molecule has 1 aromatic carbocycles. The Morgan fingerprint density at radius 3 is 2.08 bits per heavy atom. The van der Waals surface area contributed by atoms with Gasteiger partial charge in [-0.2, -0.15) is 0 Å². The first-order valence-corrected chi connectivity index (χ1v) is 4.58. The van der Waals surface area contributed by atoms with E-state index in [2.05, 4.69) is 12.1 Å². The molecule has 1 atom stereocenters. The van der Waals surface area contributed by atoms with Crippen molar-refractivity contribution in [2.45, 2.75) is 33.2 Å². The summed E-state index contributed by atoms with van der Waals surface area (Å²) in [4.78, 5) is 0. The molecule has 0 spiro atoms. The summed E-state index contributed by atoms with van der Waals surface area (Å²) in [5.41, 5.74) is 6.94. The van der Waals surface area contributed by atoms with Crippen molar-refractivity contribution < 1.29 is 0 Å². The van der Waals surface area contributed by atoms with Crippen molar-refractivity contribution in [2.75, 3.05) is 0 Å². The number of nitrogens with two attached hydrogens (primary N) is 1. The normalized spacial score (nSPS) is 11.3. The fourth-order valence-corrected chi connectivity index (χ4v) is 0.986. The van der Waals surface area contributed by atoms with E-state index in [1.54, 1.807) is 0 Å². The molecule has 0 saturated heterocycles. The fourth-order valence-electron chi connectivity index (χ4n) is 0.986. The maximum absolute atomic E-state index is 5.62. The van der Waals surface area contributed by atoms with Gasteiger partial charge in [-0.25, -0.2) is 0 Å². The second-order valence-corrected chi connectivity index (χ2v) is 2.67. The van der Waals surface area contributed by atoms with Crippen LogP contribution in [0.5, 0.6) is 0 Å². The average molecular weight is 165 g/mol. The summed E-state index contributed by atoms with van der Waals surface area (Å²) in [7, 11) is 0. The lowest BCUT2D eigenvalue weighted by Crippen LogP contribution is -2.17. The summed E-state index contributed by atoms with van der Waals surface area (Å²) in [5, 5.41) is 0. The SMILES string of the molecule is CC.C[C@H](N)Cc1ccccc1. The van der Waals surface area contributed by atoms with Crippen LogP contribution in [0.1, 0.15) is 26.3 Å². The van der Waals surface area contributed by atoms with E-state index in [9.17, 15) is 0 Å². The van der Waals surface area contributed by atoms with E-state index >= 15 is 0 Å². The zero-order valence-electron chi connectivity index (χ0n) is 8.25. The minimum atomic E-state index is 0.266. The van der Waals surface area contributed by atoms with Crippen LogP contribution in [0.4, 0.5) is 0 Å². The molecule has 0 heterocycles. The summed E-state index contributed by atoms with van der Waals surface area (Å²) in [5.74, 6) is 0. The third kappa shape index (κ3) is 4.91. The monoisotopic (exact) mass is 165 g/mol. The van der Waals surface area contributed by atoms with Gasteiger partial charge in [-0.05, 0) is 18.9 Å². The molecular formula is C11H19N. The Kier molecular flexibility index (Phi) is 6.39. The highest BCUT2D eigenvalue weighted by Gasteiger charge is 1.94. The maximum atomic E-state index is 5.62. The lowest BCUT2D eigenvalue weighted by Gasteiger charge is -2.02. The predicted molar refractivity (Wildman–Crippen MR) is 55.1 cm³/mol. The Hall–Kier alpha value is -0.820.